The Morgan fingerprint density at radius 2 is 1.90 bits per heavy atom. The van der Waals surface area contributed by atoms with Gasteiger partial charge in [-0.05, 0) is 54.4 Å². The van der Waals surface area contributed by atoms with Crippen molar-refractivity contribution in [3.05, 3.63) is 53.6 Å². The lowest BCUT2D eigenvalue weighted by Gasteiger charge is -2.17. The molecule has 156 valence electrons. The summed E-state index contributed by atoms with van der Waals surface area (Å²) >= 11 is 0. The molecule has 0 unspecified atom stereocenters. The molecule has 1 aliphatic rings. The van der Waals surface area contributed by atoms with Crippen LogP contribution in [-0.2, 0) is 17.4 Å². The first-order chi connectivity index (χ1) is 14.4. The van der Waals surface area contributed by atoms with Crippen molar-refractivity contribution in [3.8, 4) is 17.2 Å². The number of anilines is 2. The predicted octanol–water partition coefficient (Wildman–Crippen LogP) is 4.13. The van der Waals surface area contributed by atoms with E-state index in [0.29, 0.717) is 37.3 Å². The summed E-state index contributed by atoms with van der Waals surface area (Å²) in [5.41, 5.74) is 1.48. The van der Waals surface area contributed by atoms with Gasteiger partial charge >= 0.3 is 12.2 Å². The summed E-state index contributed by atoms with van der Waals surface area (Å²) in [5, 5.41) is 13.4. The van der Waals surface area contributed by atoms with Crippen LogP contribution in [0.5, 0.6) is 5.75 Å². The predicted molar refractivity (Wildman–Crippen MR) is 102 cm³/mol. The van der Waals surface area contributed by atoms with Gasteiger partial charge in [-0.15, -0.1) is 5.10 Å². The summed E-state index contributed by atoms with van der Waals surface area (Å²) < 4.78 is 49.0. The van der Waals surface area contributed by atoms with Crippen LogP contribution < -0.4 is 15.4 Å². The van der Waals surface area contributed by atoms with Gasteiger partial charge in [-0.25, -0.2) is 0 Å². The zero-order chi connectivity index (χ0) is 21.1. The first kappa shape index (κ1) is 19.7. The van der Waals surface area contributed by atoms with Crippen molar-refractivity contribution in [2.24, 2.45) is 0 Å². The molecule has 0 bridgehead atoms. The van der Waals surface area contributed by atoms with Crippen LogP contribution in [0.4, 0.5) is 24.9 Å². The largest absolute Gasteiger partial charge is 0.492 e. The van der Waals surface area contributed by atoms with Crippen LogP contribution in [0.2, 0.25) is 0 Å². The third-order valence-electron chi connectivity index (χ3n) is 4.50. The van der Waals surface area contributed by atoms with Crippen molar-refractivity contribution in [1.29, 1.82) is 0 Å². The van der Waals surface area contributed by atoms with Crippen molar-refractivity contribution in [2.45, 2.75) is 19.0 Å². The zero-order valence-corrected chi connectivity index (χ0v) is 15.6. The molecule has 7 nitrogen and oxygen atoms in total. The Labute approximate surface area is 169 Å². The second-order valence-corrected chi connectivity index (χ2v) is 6.63. The molecule has 1 aliphatic heterocycles. The van der Waals surface area contributed by atoms with Gasteiger partial charge in [0.25, 0.3) is 0 Å². The van der Waals surface area contributed by atoms with Gasteiger partial charge in [-0.2, -0.15) is 13.2 Å². The van der Waals surface area contributed by atoms with E-state index >= 15 is 0 Å². The quantitative estimate of drug-likeness (QED) is 0.585. The van der Waals surface area contributed by atoms with Crippen molar-refractivity contribution < 1.29 is 27.1 Å². The Morgan fingerprint density at radius 1 is 1.10 bits per heavy atom. The molecule has 3 aromatic rings. The van der Waals surface area contributed by atoms with Gasteiger partial charge in [0.15, 0.2) is 0 Å². The van der Waals surface area contributed by atoms with Crippen LogP contribution in [0.25, 0.3) is 11.5 Å². The number of rotatable bonds is 6. The second-order valence-electron chi connectivity index (χ2n) is 6.63. The SMILES string of the molecule is O=C1CCc2cc(OCCNc3nnc(-c4ccc(C(F)(F)F)cc4)o3)ccc2N1. The molecular formula is C20H17F3N4O3. The highest BCUT2D eigenvalue weighted by Gasteiger charge is 2.30. The van der Waals surface area contributed by atoms with Gasteiger partial charge < -0.3 is 19.8 Å². The first-order valence-corrected chi connectivity index (χ1v) is 9.19. The standard InChI is InChI=1S/C20H17F3N4O3/c21-20(22,23)14-4-1-12(2-5-14)18-26-27-19(30-18)24-9-10-29-15-6-7-16-13(11-15)3-8-17(28)25-16/h1-2,4-7,11H,3,8-10H2,(H,24,27)(H,25,28). The number of halogens is 3. The molecular weight excluding hydrogens is 401 g/mol. The Balaban J connectivity index is 1.28. The lowest BCUT2D eigenvalue weighted by Crippen LogP contribution is -2.19. The fourth-order valence-electron chi connectivity index (χ4n) is 2.99. The van der Waals surface area contributed by atoms with Crippen molar-refractivity contribution in [1.82, 2.24) is 10.2 Å². The van der Waals surface area contributed by atoms with Gasteiger partial charge in [0.05, 0.1) is 12.1 Å². The Bertz CT molecular complexity index is 1050. The number of ether oxygens (including phenoxy) is 1. The van der Waals surface area contributed by atoms with Crippen LogP contribution in [0.15, 0.2) is 46.9 Å². The Morgan fingerprint density at radius 3 is 2.67 bits per heavy atom. The molecule has 2 N–H and O–H groups in total. The third-order valence-corrected chi connectivity index (χ3v) is 4.50. The molecule has 0 saturated heterocycles. The average Bonchev–Trinajstić information content (AvgIpc) is 3.20. The molecule has 2 heterocycles. The number of alkyl halides is 3. The smallest absolute Gasteiger partial charge is 0.416 e. The van der Waals surface area contributed by atoms with Crippen LogP contribution in [0, 0.1) is 0 Å². The highest BCUT2D eigenvalue weighted by atomic mass is 19.4. The minimum Gasteiger partial charge on any atom is -0.492 e. The Hall–Kier alpha value is -3.56. The van der Waals surface area contributed by atoms with Crippen molar-refractivity contribution in [2.75, 3.05) is 23.8 Å². The maximum Gasteiger partial charge on any atom is 0.416 e. The molecule has 30 heavy (non-hydrogen) atoms. The van der Waals surface area contributed by atoms with Gasteiger partial charge in [0, 0.05) is 17.7 Å². The van der Waals surface area contributed by atoms with E-state index in [2.05, 4.69) is 20.8 Å². The number of fused-ring (bicyclic) bond motifs is 1. The number of carbonyl (C=O) groups is 1. The lowest BCUT2D eigenvalue weighted by molar-refractivity contribution is -0.137. The highest BCUT2D eigenvalue weighted by Crippen LogP contribution is 2.31. The minimum atomic E-state index is -4.40. The fraction of sp³-hybridized carbons (Fsp3) is 0.250. The highest BCUT2D eigenvalue weighted by molar-refractivity contribution is 5.94. The first-order valence-electron chi connectivity index (χ1n) is 9.19. The van der Waals surface area contributed by atoms with Crippen molar-refractivity contribution in [3.63, 3.8) is 0 Å². The second kappa shape index (κ2) is 8.05. The van der Waals surface area contributed by atoms with E-state index < -0.39 is 11.7 Å². The number of amides is 1. The number of aryl methyl sites for hydroxylation is 1. The van der Waals surface area contributed by atoms with Gasteiger partial charge in [0.1, 0.15) is 12.4 Å². The average molecular weight is 418 g/mol. The normalized spacial score (nSPS) is 13.5. The number of nitrogens with one attached hydrogen (secondary N) is 2. The van der Waals surface area contributed by atoms with E-state index in [-0.39, 0.29) is 17.8 Å². The summed E-state index contributed by atoms with van der Waals surface area (Å²) in [4.78, 5) is 11.4. The maximum atomic E-state index is 12.6. The fourth-order valence-corrected chi connectivity index (χ4v) is 2.99. The summed E-state index contributed by atoms with van der Waals surface area (Å²) in [6.07, 6.45) is -3.27. The van der Waals surface area contributed by atoms with Crippen LogP contribution in [0.3, 0.4) is 0 Å². The van der Waals surface area contributed by atoms with Crippen LogP contribution in [0.1, 0.15) is 17.5 Å². The maximum absolute atomic E-state index is 12.6. The Kier molecular flexibility index (Phi) is 5.30. The molecule has 1 aromatic heterocycles. The monoisotopic (exact) mass is 418 g/mol. The number of hydrogen-bond donors (Lipinski definition) is 2. The number of aromatic nitrogens is 2. The number of benzene rings is 2. The zero-order valence-electron chi connectivity index (χ0n) is 15.6. The summed E-state index contributed by atoms with van der Waals surface area (Å²) in [6, 6.07) is 10.1. The van der Waals surface area contributed by atoms with E-state index in [9.17, 15) is 18.0 Å². The lowest BCUT2D eigenvalue weighted by atomic mass is 10.0. The molecule has 4 rings (SSSR count). The molecule has 0 fully saturated rings. The van der Waals surface area contributed by atoms with Gasteiger partial charge in [-0.3, -0.25) is 4.79 Å². The van der Waals surface area contributed by atoms with Crippen LogP contribution in [-0.4, -0.2) is 29.3 Å². The molecule has 0 aliphatic carbocycles. The number of carbonyl (C=O) groups excluding carboxylic acids is 1. The molecule has 2 aromatic carbocycles. The third kappa shape index (κ3) is 4.53. The molecule has 10 heteroatoms. The molecule has 0 spiro atoms. The number of nitrogens with zero attached hydrogens (tertiary/aromatic N) is 2. The molecule has 0 saturated carbocycles. The van der Waals surface area contributed by atoms with E-state index in [4.69, 9.17) is 9.15 Å². The number of hydrogen-bond acceptors (Lipinski definition) is 6. The van der Waals surface area contributed by atoms with Crippen molar-refractivity contribution >= 4 is 17.6 Å². The van der Waals surface area contributed by atoms with Crippen LogP contribution >= 0.6 is 0 Å². The minimum absolute atomic E-state index is 0.00981. The van der Waals surface area contributed by atoms with E-state index in [1.807, 2.05) is 12.1 Å². The molecule has 0 radical (unpaired) electrons. The molecule has 0 atom stereocenters. The van der Waals surface area contributed by atoms with E-state index in [0.717, 1.165) is 23.4 Å². The van der Waals surface area contributed by atoms with Gasteiger partial charge in [-0.1, -0.05) is 5.10 Å². The topological polar surface area (TPSA) is 89.3 Å². The summed E-state index contributed by atoms with van der Waals surface area (Å²) in [7, 11) is 0. The molecule has 1 amide bonds. The van der Waals surface area contributed by atoms with E-state index in [1.165, 1.54) is 12.1 Å². The summed E-state index contributed by atoms with van der Waals surface area (Å²) in [6.45, 7) is 0.700. The van der Waals surface area contributed by atoms with Gasteiger partial charge in [0.2, 0.25) is 11.8 Å². The van der Waals surface area contributed by atoms with E-state index in [1.54, 1.807) is 6.07 Å². The summed E-state index contributed by atoms with van der Waals surface area (Å²) in [5.74, 6) is 0.808.